The molecule has 2 atom stereocenters. The molecule has 2 amide bonds. The number of alkyl carbamates (subject to hydrolysis) is 1. The minimum absolute atomic E-state index is 0.0156. The number of rotatable bonds is 11. The van der Waals surface area contributed by atoms with E-state index in [0.717, 1.165) is 36.6 Å². The summed E-state index contributed by atoms with van der Waals surface area (Å²) in [5.74, 6) is 0.257. The summed E-state index contributed by atoms with van der Waals surface area (Å²) in [6, 6.07) is 8.13. The van der Waals surface area contributed by atoms with Gasteiger partial charge in [0, 0.05) is 12.7 Å². The Morgan fingerprint density at radius 2 is 1.72 bits per heavy atom. The Bertz CT molecular complexity index is 661. The molecule has 162 valence electrons. The van der Waals surface area contributed by atoms with Crippen molar-refractivity contribution in [2.75, 3.05) is 12.4 Å². The van der Waals surface area contributed by atoms with Crippen molar-refractivity contribution in [2.45, 2.75) is 66.0 Å². The van der Waals surface area contributed by atoms with Gasteiger partial charge < -0.3 is 15.4 Å². The third kappa shape index (κ3) is 10.4. The van der Waals surface area contributed by atoms with Crippen LogP contribution in [0.1, 0.15) is 64.5 Å². The van der Waals surface area contributed by atoms with E-state index in [1.807, 2.05) is 26.0 Å². The Hall–Kier alpha value is -2.02. The van der Waals surface area contributed by atoms with Gasteiger partial charge in [-0.2, -0.15) is 0 Å². The van der Waals surface area contributed by atoms with Gasteiger partial charge in [-0.15, -0.1) is 0 Å². The van der Waals surface area contributed by atoms with E-state index in [2.05, 4.69) is 36.6 Å². The van der Waals surface area contributed by atoms with E-state index in [1.54, 1.807) is 0 Å². The van der Waals surface area contributed by atoms with Gasteiger partial charge >= 0.3 is 6.09 Å². The van der Waals surface area contributed by atoms with Gasteiger partial charge in [-0.1, -0.05) is 70.1 Å². The molecule has 2 unspecified atom stereocenters. The van der Waals surface area contributed by atoms with Gasteiger partial charge in [-0.3, -0.25) is 9.59 Å². The molecular weight excluding hydrogens is 388 g/mol. The number of hydrogen-bond acceptors (Lipinski definition) is 5. The SMILES string of the molecule is CCCCOC(=O)NC(CSC(=O)C(C)c1ccc(CC(C)C)cc1)NC(C)=O. The average molecular weight is 423 g/mol. The number of carbonyl (C=O) groups excluding carboxylic acids is 3. The summed E-state index contributed by atoms with van der Waals surface area (Å²) in [5.41, 5.74) is 2.21. The summed E-state index contributed by atoms with van der Waals surface area (Å²) in [4.78, 5) is 35.8. The maximum Gasteiger partial charge on any atom is 0.408 e. The monoisotopic (exact) mass is 422 g/mol. The first kappa shape index (κ1) is 25.0. The zero-order valence-corrected chi connectivity index (χ0v) is 18.9. The van der Waals surface area contributed by atoms with E-state index in [0.29, 0.717) is 12.5 Å². The predicted octanol–water partition coefficient (Wildman–Crippen LogP) is 4.24. The van der Waals surface area contributed by atoms with Crippen molar-refractivity contribution >= 4 is 28.9 Å². The van der Waals surface area contributed by atoms with Gasteiger partial charge in [0.05, 0.1) is 12.5 Å². The standard InChI is InChI=1S/C22H34N2O4S/c1-6-7-12-28-22(27)24-20(23-17(5)25)14-29-21(26)16(4)19-10-8-18(9-11-19)13-15(2)3/h8-11,15-16,20H,6-7,12-14H2,1-5H3,(H,23,25)(H,24,27). The molecule has 2 N–H and O–H groups in total. The van der Waals surface area contributed by atoms with Crippen LogP contribution in [-0.4, -0.2) is 35.6 Å². The fourth-order valence-corrected chi connectivity index (χ4v) is 3.58. The van der Waals surface area contributed by atoms with Crippen LogP contribution in [0.3, 0.4) is 0 Å². The summed E-state index contributed by atoms with van der Waals surface area (Å²) in [5, 5.41) is 5.22. The fraction of sp³-hybridized carbons (Fsp3) is 0.591. The Labute approximate surface area is 178 Å². The molecule has 0 aliphatic heterocycles. The van der Waals surface area contributed by atoms with Crippen molar-refractivity contribution in [3.63, 3.8) is 0 Å². The molecule has 6 nitrogen and oxygen atoms in total. The topological polar surface area (TPSA) is 84.5 Å². The molecule has 0 radical (unpaired) electrons. The number of carbonyl (C=O) groups is 3. The third-order valence-corrected chi connectivity index (χ3v) is 5.41. The minimum atomic E-state index is -0.670. The molecule has 1 aromatic rings. The second-order valence-corrected chi connectivity index (χ2v) is 8.60. The summed E-state index contributed by atoms with van der Waals surface area (Å²) >= 11 is 1.09. The second-order valence-electron chi connectivity index (χ2n) is 7.58. The highest BCUT2D eigenvalue weighted by atomic mass is 32.2. The maximum atomic E-state index is 12.6. The van der Waals surface area contributed by atoms with Crippen molar-refractivity contribution in [3.8, 4) is 0 Å². The van der Waals surface area contributed by atoms with Crippen molar-refractivity contribution in [3.05, 3.63) is 35.4 Å². The summed E-state index contributed by atoms with van der Waals surface area (Å²) < 4.78 is 5.06. The molecule has 0 saturated heterocycles. The summed E-state index contributed by atoms with van der Waals surface area (Å²) in [6.45, 7) is 9.91. The number of unbranched alkanes of at least 4 members (excludes halogenated alkanes) is 1. The highest BCUT2D eigenvalue weighted by molar-refractivity contribution is 8.13. The largest absolute Gasteiger partial charge is 0.450 e. The van der Waals surface area contributed by atoms with E-state index in [1.165, 1.54) is 12.5 Å². The molecule has 0 fully saturated rings. The van der Waals surface area contributed by atoms with Crippen LogP contribution >= 0.6 is 11.8 Å². The Balaban J connectivity index is 2.59. The quantitative estimate of drug-likeness (QED) is 0.412. The third-order valence-electron chi connectivity index (χ3n) is 4.27. The normalized spacial score (nSPS) is 12.9. The Kier molecular flexibility index (Phi) is 11.4. The van der Waals surface area contributed by atoms with Gasteiger partial charge in [0.15, 0.2) is 5.12 Å². The zero-order valence-electron chi connectivity index (χ0n) is 18.1. The van der Waals surface area contributed by atoms with Crippen LogP contribution in [-0.2, 0) is 20.7 Å². The molecule has 0 aliphatic carbocycles. The molecule has 0 heterocycles. The highest BCUT2D eigenvalue weighted by Crippen LogP contribution is 2.23. The van der Waals surface area contributed by atoms with Crippen LogP contribution < -0.4 is 10.6 Å². The first-order chi connectivity index (χ1) is 13.7. The van der Waals surface area contributed by atoms with Crippen LogP contribution in [0.4, 0.5) is 4.79 Å². The lowest BCUT2D eigenvalue weighted by atomic mass is 9.97. The van der Waals surface area contributed by atoms with Gasteiger partial charge in [0.25, 0.3) is 0 Å². The average Bonchev–Trinajstić information content (AvgIpc) is 2.65. The molecular formula is C22H34N2O4S. The highest BCUT2D eigenvalue weighted by Gasteiger charge is 2.20. The number of nitrogens with one attached hydrogen (secondary N) is 2. The van der Waals surface area contributed by atoms with Crippen molar-refractivity contribution in [1.82, 2.24) is 10.6 Å². The van der Waals surface area contributed by atoms with E-state index in [-0.39, 0.29) is 22.7 Å². The van der Waals surface area contributed by atoms with Crippen LogP contribution in [0.25, 0.3) is 0 Å². The Morgan fingerprint density at radius 1 is 1.07 bits per heavy atom. The number of hydrogen-bond donors (Lipinski definition) is 2. The molecule has 0 bridgehead atoms. The van der Waals surface area contributed by atoms with Crippen molar-refractivity contribution < 1.29 is 19.1 Å². The summed E-state index contributed by atoms with van der Waals surface area (Å²) in [7, 11) is 0. The zero-order chi connectivity index (χ0) is 21.8. The molecule has 0 spiro atoms. The predicted molar refractivity (Wildman–Crippen MR) is 118 cm³/mol. The van der Waals surface area contributed by atoms with Gasteiger partial charge in [-0.05, 0) is 29.9 Å². The molecule has 1 rings (SSSR count). The van der Waals surface area contributed by atoms with Gasteiger partial charge in [0.1, 0.15) is 6.17 Å². The number of benzene rings is 1. The van der Waals surface area contributed by atoms with E-state index < -0.39 is 12.3 Å². The lowest BCUT2D eigenvalue weighted by molar-refractivity contribution is -0.119. The maximum absolute atomic E-state index is 12.6. The van der Waals surface area contributed by atoms with Crippen LogP contribution in [0.2, 0.25) is 0 Å². The first-order valence-corrected chi connectivity index (χ1v) is 11.2. The van der Waals surface area contributed by atoms with Crippen LogP contribution in [0.15, 0.2) is 24.3 Å². The molecule has 7 heteroatoms. The summed E-state index contributed by atoms with van der Waals surface area (Å²) in [6.07, 6.45) is 1.44. The fourth-order valence-electron chi connectivity index (χ4n) is 2.70. The minimum Gasteiger partial charge on any atom is -0.450 e. The van der Waals surface area contributed by atoms with E-state index in [4.69, 9.17) is 4.74 Å². The van der Waals surface area contributed by atoms with Crippen molar-refractivity contribution in [1.29, 1.82) is 0 Å². The van der Waals surface area contributed by atoms with Crippen LogP contribution in [0.5, 0.6) is 0 Å². The first-order valence-electron chi connectivity index (χ1n) is 10.2. The smallest absolute Gasteiger partial charge is 0.408 e. The lowest BCUT2D eigenvalue weighted by Crippen LogP contribution is -2.49. The van der Waals surface area contributed by atoms with Crippen LogP contribution in [0, 0.1) is 5.92 Å². The number of amides is 2. The molecule has 0 aromatic heterocycles. The van der Waals surface area contributed by atoms with Gasteiger partial charge in [0.2, 0.25) is 5.91 Å². The molecule has 1 aromatic carbocycles. The molecule has 0 saturated carbocycles. The van der Waals surface area contributed by atoms with Gasteiger partial charge in [-0.25, -0.2) is 4.79 Å². The number of ether oxygens (including phenoxy) is 1. The van der Waals surface area contributed by atoms with Crippen molar-refractivity contribution in [2.24, 2.45) is 5.92 Å². The number of thioether (sulfide) groups is 1. The second kappa shape index (κ2) is 13.2. The molecule has 0 aliphatic rings. The molecule has 29 heavy (non-hydrogen) atoms. The Morgan fingerprint density at radius 3 is 2.28 bits per heavy atom. The van der Waals surface area contributed by atoms with E-state index >= 15 is 0 Å². The van der Waals surface area contributed by atoms with E-state index in [9.17, 15) is 14.4 Å². The lowest BCUT2D eigenvalue weighted by Gasteiger charge is -2.19.